The molecular weight excluding hydrogens is 246 g/mol. The predicted molar refractivity (Wildman–Crippen MR) is 82.4 cm³/mol. The van der Waals surface area contributed by atoms with Gasteiger partial charge in [-0.05, 0) is 61.6 Å². The monoisotopic (exact) mass is 271 g/mol. The fourth-order valence-electron chi connectivity index (χ4n) is 4.43. The van der Waals surface area contributed by atoms with Crippen molar-refractivity contribution in [2.45, 2.75) is 62.9 Å². The summed E-state index contributed by atoms with van der Waals surface area (Å²) in [6, 6.07) is 7.14. The van der Waals surface area contributed by atoms with E-state index in [0.717, 1.165) is 13.2 Å². The van der Waals surface area contributed by atoms with E-state index in [1.54, 1.807) is 5.56 Å². The number of anilines is 1. The van der Waals surface area contributed by atoms with Crippen LogP contribution in [0.4, 0.5) is 5.69 Å². The van der Waals surface area contributed by atoms with Crippen molar-refractivity contribution in [1.29, 1.82) is 0 Å². The molecule has 2 heteroatoms. The summed E-state index contributed by atoms with van der Waals surface area (Å²) in [5, 5.41) is 3.52. The van der Waals surface area contributed by atoms with Gasteiger partial charge in [0.05, 0.1) is 5.60 Å². The minimum absolute atomic E-state index is 0.233. The Morgan fingerprint density at radius 2 is 2.05 bits per heavy atom. The van der Waals surface area contributed by atoms with Crippen LogP contribution in [0.2, 0.25) is 0 Å². The summed E-state index contributed by atoms with van der Waals surface area (Å²) in [5.74, 6) is 0.717. The summed E-state index contributed by atoms with van der Waals surface area (Å²) >= 11 is 0. The molecule has 1 spiro atoms. The topological polar surface area (TPSA) is 21.3 Å². The lowest BCUT2D eigenvalue weighted by Gasteiger charge is -2.38. The van der Waals surface area contributed by atoms with Gasteiger partial charge in [0.15, 0.2) is 0 Å². The van der Waals surface area contributed by atoms with Gasteiger partial charge in [0.2, 0.25) is 0 Å². The van der Waals surface area contributed by atoms with Crippen molar-refractivity contribution in [3.8, 4) is 0 Å². The fourth-order valence-corrected chi connectivity index (χ4v) is 4.43. The normalized spacial score (nSPS) is 28.1. The lowest BCUT2D eigenvalue weighted by molar-refractivity contribution is -0.0804. The molecule has 4 rings (SSSR count). The zero-order valence-electron chi connectivity index (χ0n) is 12.3. The standard InChI is InChI=1S/C18H25NO/c1-2-9-18(8-1)13-16(7-11-20-18)14-5-6-17-15(12-14)4-3-10-19-17/h5-6,12,16,19H,1-4,7-11,13H2. The Hall–Kier alpha value is -1.02. The number of hydrogen-bond acceptors (Lipinski definition) is 2. The number of benzene rings is 1. The maximum atomic E-state index is 6.18. The summed E-state index contributed by atoms with van der Waals surface area (Å²) < 4.78 is 6.18. The van der Waals surface area contributed by atoms with Gasteiger partial charge >= 0.3 is 0 Å². The van der Waals surface area contributed by atoms with Gasteiger partial charge in [-0.15, -0.1) is 0 Å². The average molecular weight is 271 g/mol. The van der Waals surface area contributed by atoms with Crippen LogP contribution in [-0.4, -0.2) is 18.8 Å². The minimum atomic E-state index is 0.233. The molecule has 0 bridgehead atoms. The summed E-state index contributed by atoms with van der Waals surface area (Å²) in [4.78, 5) is 0. The molecule has 2 fully saturated rings. The third-order valence-electron chi connectivity index (χ3n) is 5.55. The molecule has 1 aromatic carbocycles. The van der Waals surface area contributed by atoms with Crippen molar-refractivity contribution in [1.82, 2.24) is 0 Å². The van der Waals surface area contributed by atoms with Gasteiger partial charge in [-0.1, -0.05) is 25.0 Å². The van der Waals surface area contributed by atoms with Crippen LogP contribution in [0.3, 0.4) is 0 Å². The number of ether oxygens (including phenoxy) is 1. The highest BCUT2D eigenvalue weighted by atomic mass is 16.5. The quantitative estimate of drug-likeness (QED) is 0.824. The summed E-state index contributed by atoms with van der Waals surface area (Å²) in [6.45, 7) is 2.09. The van der Waals surface area contributed by atoms with E-state index in [2.05, 4.69) is 23.5 Å². The zero-order valence-corrected chi connectivity index (χ0v) is 12.3. The van der Waals surface area contributed by atoms with E-state index in [4.69, 9.17) is 4.74 Å². The Kier molecular flexibility index (Phi) is 3.22. The van der Waals surface area contributed by atoms with E-state index < -0.39 is 0 Å². The molecular formula is C18H25NO. The van der Waals surface area contributed by atoms with Crippen molar-refractivity contribution in [2.24, 2.45) is 0 Å². The van der Waals surface area contributed by atoms with Crippen molar-refractivity contribution in [2.75, 3.05) is 18.5 Å². The van der Waals surface area contributed by atoms with Crippen LogP contribution >= 0.6 is 0 Å². The molecule has 3 aliphatic rings. The van der Waals surface area contributed by atoms with Crippen molar-refractivity contribution in [3.63, 3.8) is 0 Å². The Balaban J connectivity index is 1.57. The van der Waals surface area contributed by atoms with Crippen molar-refractivity contribution in [3.05, 3.63) is 29.3 Å². The summed E-state index contributed by atoms with van der Waals surface area (Å²) in [7, 11) is 0. The Morgan fingerprint density at radius 3 is 2.95 bits per heavy atom. The Morgan fingerprint density at radius 1 is 1.15 bits per heavy atom. The van der Waals surface area contributed by atoms with Crippen LogP contribution in [0.15, 0.2) is 18.2 Å². The second-order valence-electron chi connectivity index (χ2n) is 6.88. The van der Waals surface area contributed by atoms with E-state index in [1.165, 1.54) is 62.6 Å². The SMILES string of the molecule is c1cc2c(cc1C1CCOC3(CCCC3)C1)CCCN2. The Bertz CT molecular complexity index is 490. The molecule has 0 radical (unpaired) electrons. The third kappa shape index (κ3) is 2.24. The molecule has 2 heterocycles. The summed E-state index contributed by atoms with van der Waals surface area (Å²) in [6.07, 6.45) is 10.3. The first kappa shape index (κ1) is 12.7. The first-order valence-electron chi connectivity index (χ1n) is 8.35. The molecule has 108 valence electrons. The number of aryl methyl sites for hydroxylation is 1. The molecule has 1 saturated carbocycles. The number of nitrogens with one attached hydrogen (secondary N) is 1. The highest BCUT2D eigenvalue weighted by Crippen LogP contribution is 2.45. The zero-order chi connectivity index (χ0) is 13.4. The van der Waals surface area contributed by atoms with Gasteiger partial charge in [0, 0.05) is 18.8 Å². The molecule has 1 aromatic rings. The predicted octanol–water partition coefficient (Wildman–Crippen LogP) is 4.25. The van der Waals surface area contributed by atoms with Crippen LogP contribution in [-0.2, 0) is 11.2 Å². The molecule has 1 atom stereocenters. The molecule has 2 nitrogen and oxygen atoms in total. The van der Waals surface area contributed by atoms with Gasteiger partial charge in [0.1, 0.15) is 0 Å². The van der Waals surface area contributed by atoms with E-state index in [9.17, 15) is 0 Å². The maximum absolute atomic E-state index is 6.18. The fraction of sp³-hybridized carbons (Fsp3) is 0.667. The van der Waals surface area contributed by atoms with Crippen LogP contribution in [0.25, 0.3) is 0 Å². The molecule has 0 amide bonds. The van der Waals surface area contributed by atoms with Crippen molar-refractivity contribution >= 4 is 5.69 Å². The first-order chi connectivity index (χ1) is 9.85. The molecule has 1 N–H and O–H groups in total. The lowest BCUT2D eigenvalue weighted by atomic mass is 9.80. The lowest BCUT2D eigenvalue weighted by Crippen LogP contribution is -2.36. The second kappa shape index (κ2) is 5.07. The van der Waals surface area contributed by atoms with E-state index >= 15 is 0 Å². The third-order valence-corrected chi connectivity index (χ3v) is 5.55. The van der Waals surface area contributed by atoms with Gasteiger partial charge < -0.3 is 10.1 Å². The molecule has 1 unspecified atom stereocenters. The van der Waals surface area contributed by atoms with Gasteiger partial charge in [-0.3, -0.25) is 0 Å². The minimum Gasteiger partial charge on any atom is -0.385 e. The van der Waals surface area contributed by atoms with E-state index in [0.29, 0.717) is 5.92 Å². The van der Waals surface area contributed by atoms with Crippen molar-refractivity contribution < 1.29 is 4.74 Å². The largest absolute Gasteiger partial charge is 0.385 e. The first-order valence-corrected chi connectivity index (χ1v) is 8.35. The molecule has 1 aliphatic carbocycles. The molecule has 20 heavy (non-hydrogen) atoms. The van der Waals surface area contributed by atoms with Crippen LogP contribution < -0.4 is 5.32 Å². The second-order valence-corrected chi connectivity index (χ2v) is 6.88. The highest BCUT2D eigenvalue weighted by Gasteiger charge is 2.40. The van der Waals surface area contributed by atoms with Crippen LogP contribution in [0.5, 0.6) is 0 Å². The van der Waals surface area contributed by atoms with Gasteiger partial charge in [-0.25, -0.2) is 0 Å². The van der Waals surface area contributed by atoms with Gasteiger partial charge in [0.25, 0.3) is 0 Å². The number of fused-ring (bicyclic) bond motifs is 1. The van der Waals surface area contributed by atoms with E-state index in [-0.39, 0.29) is 5.60 Å². The average Bonchev–Trinajstić information content (AvgIpc) is 2.94. The number of rotatable bonds is 1. The molecule has 1 saturated heterocycles. The molecule has 2 aliphatic heterocycles. The van der Waals surface area contributed by atoms with Crippen LogP contribution in [0, 0.1) is 0 Å². The van der Waals surface area contributed by atoms with E-state index in [1.807, 2.05) is 0 Å². The summed E-state index contributed by atoms with van der Waals surface area (Å²) in [5.41, 5.74) is 4.68. The highest BCUT2D eigenvalue weighted by molar-refractivity contribution is 5.54. The number of hydrogen-bond donors (Lipinski definition) is 1. The van der Waals surface area contributed by atoms with Crippen LogP contribution in [0.1, 0.15) is 62.0 Å². The smallest absolute Gasteiger partial charge is 0.0688 e. The van der Waals surface area contributed by atoms with Gasteiger partial charge in [-0.2, -0.15) is 0 Å². The molecule has 0 aromatic heterocycles. The Labute approximate surface area is 121 Å². The maximum Gasteiger partial charge on any atom is 0.0688 e.